The second-order valence-electron chi connectivity index (χ2n) is 12.4. The van der Waals surface area contributed by atoms with E-state index in [1.54, 1.807) is 17.4 Å². The van der Waals surface area contributed by atoms with Crippen molar-refractivity contribution in [2.75, 3.05) is 24.7 Å². The summed E-state index contributed by atoms with van der Waals surface area (Å²) in [5.74, 6) is 0.606. The molecule has 2 aromatic heterocycles. The number of furan rings is 1. The summed E-state index contributed by atoms with van der Waals surface area (Å²) in [4.78, 5) is 20.7. The van der Waals surface area contributed by atoms with Gasteiger partial charge in [-0.05, 0) is 18.9 Å². The first kappa shape index (κ1) is 36.0. The van der Waals surface area contributed by atoms with Gasteiger partial charge in [0.25, 0.3) is 0 Å². The monoisotopic (exact) mass is 651 g/mol. The highest BCUT2D eigenvalue weighted by molar-refractivity contribution is 7.47. The molecule has 0 spiro atoms. The lowest BCUT2D eigenvalue weighted by molar-refractivity contribution is -0.0238. The third kappa shape index (κ3) is 11.1. The van der Waals surface area contributed by atoms with Crippen LogP contribution >= 0.6 is 7.82 Å². The van der Waals surface area contributed by atoms with E-state index in [0.717, 1.165) is 29.7 Å². The molecular formula is C33H54N3O8P. The molecule has 0 saturated carbocycles. The molecule has 45 heavy (non-hydrogen) atoms. The standard InChI is InChI=1S/C33H54N3O8P/c1-2-3-4-5-6-7-8-9-10-11-12-13-14-15-16-17-21-42-45(39,40)43-24-28-30(37)31(38)33(44-28)36-20-18-27-29(26-19-22-41-23-26)34-25-35-32(27)36/h19,22-23,25,28,30-31,33,37-38H,2-18,20-21,24H2,1H3,(H,39,40)/t28-,30?,31+,33-/m1/s1. The van der Waals surface area contributed by atoms with E-state index < -0.39 is 39.0 Å². The van der Waals surface area contributed by atoms with Gasteiger partial charge in [-0.3, -0.25) is 9.05 Å². The van der Waals surface area contributed by atoms with Crippen LogP contribution in [0.1, 0.15) is 115 Å². The van der Waals surface area contributed by atoms with Crippen molar-refractivity contribution in [1.29, 1.82) is 0 Å². The second kappa shape index (κ2) is 19.1. The number of unbranched alkanes of at least 4 members (excludes halogenated alkanes) is 15. The first-order valence-corrected chi connectivity index (χ1v) is 18.7. The average molecular weight is 652 g/mol. The van der Waals surface area contributed by atoms with Gasteiger partial charge >= 0.3 is 7.82 Å². The topological polar surface area (TPSA) is 148 Å². The first-order chi connectivity index (χ1) is 21.9. The predicted molar refractivity (Wildman–Crippen MR) is 173 cm³/mol. The molecular weight excluding hydrogens is 597 g/mol. The fraction of sp³-hybridized carbons (Fsp3) is 0.758. The van der Waals surface area contributed by atoms with Crippen LogP contribution in [0.3, 0.4) is 0 Å². The number of aliphatic hydroxyl groups excluding tert-OH is 2. The van der Waals surface area contributed by atoms with Gasteiger partial charge in [0.2, 0.25) is 0 Å². The Kier molecular flexibility index (Phi) is 15.3. The van der Waals surface area contributed by atoms with E-state index in [0.29, 0.717) is 25.2 Å². The van der Waals surface area contributed by atoms with Crippen molar-refractivity contribution in [3.63, 3.8) is 0 Å². The first-order valence-electron chi connectivity index (χ1n) is 17.2. The molecule has 1 saturated heterocycles. The van der Waals surface area contributed by atoms with E-state index in [9.17, 15) is 19.7 Å². The van der Waals surface area contributed by atoms with Crippen LogP contribution in [0.25, 0.3) is 11.3 Å². The average Bonchev–Trinajstić information content (AvgIpc) is 3.78. The van der Waals surface area contributed by atoms with E-state index in [1.807, 2.05) is 6.07 Å². The minimum Gasteiger partial charge on any atom is -0.472 e. The number of nitrogens with zero attached hydrogens (tertiary/aromatic N) is 3. The van der Waals surface area contributed by atoms with Gasteiger partial charge < -0.3 is 29.2 Å². The molecule has 11 nitrogen and oxygen atoms in total. The Hall–Kier alpha value is -1.85. The van der Waals surface area contributed by atoms with Crippen LogP contribution in [0.15, 0.2) is 29.3 Å². The fourth-order valence-corrected chi connectivity index (χ4v) is 7.04. The summed E-state index contributed by atoms with van der Waals surface area (Å²) in [5, 5.41) is 21.4. The highest BCUT2D eigenvalue weighted by Gasteiger charge is 2.48. The van der Waals surface area contributed by atoms with Crippen molar-refractivity contribution in [1.82, 2.24) is 9.97 Å². The molecule has 254 valence electrons. The number of aliphatic hydroxyl groups is 2. The lowest BCUT2D eigenvalue weighted by Gasteiger charge is -2.27. The van der Waals surface area contributed by atoms with Gasteiger partial charge in [0.15, 0.2) is 6.23 Å². The molecule has 0 aromatic carbocycles. The zero-order valence-corrected chi connectivity index (χ0v) is 27.8. The normalized spacial score (nSPS) is 22.6. The number of rotatable bonds is 23. The van der Waals surface area contributed by atoms with Crippen LogP contribution in [-0.4, -0.2) is 69.4 Å². The van der Waals surface area contributed by atoms with Crippen LogP contribution in [-0.2, 0) is 24.8 Å². The van der Waals surface area contributed by atoms with E-state index in [-0.39, 0.29) is 6.61 Å². The lowest BCUT2D eigenvalue weighted by Crippen LogP contribution is -2.43. The summed E-state index contributed by atoms with van der Waals surface area (Å²) in [6, 6.07) is 1.82. The number of anilines is 1. The zero-order chi connectivity index (χ0) is 31.9. The zero-order valence-electron chi connectivity index (χ0n) is 26.9. The molecule has 2 aliphatic rings. The summed E-state index contributed by atoms with van der Waals surface area (Å²) in [6.07, 6.45) is 20.8. The summed E-state index contributed by atoms with van der Waals surface area (Å²) in [6.45, 7) is 2.49. The number of hydrogen-bond acceptors (Lipinski definition) is 10. The lowest BCUT2D eigenvalue weighted by atomic mass is 10.0. The molecule has 0 aliphatic carbocycles. The highest BCUT2D eigenvalue weighted by atomic mass is 31.2. The maximum Gasteiger partial charge on any atom is 0.472 e. The van der Waals surface area contributed by atoms with Crippen LogP contribution in [0.2, 0.25) is 0 Å². The van der Waals surface area contributed by atoms with Gasteiger partial charge in [-0.2, -0.15) is 0 Å². The molecule has 5 atom stereocenters. The third-order valence-corrected chi connectivity index (χ3v) is 9.87. The number of phosphoric ester groups is 1. The maximum absolute atomic E-state index is 12.4. The molecule has 0 amide bonds. The van der Waals surface area contributed by atoms with Crippen LogP contribution < -0.4 is 4.90 Å². The van der Waals surface area contributed by atoms with Gasteiger partial charge in [-0.15, -0.1) is 0 Å². The molecule has 4 heterocycles. The number of ether oxygens (including phenoxy) is 1. The molecule has 1 fully saturated rings. The van der Waals surface area contributed by atoms with Crippen LogP contribution in [0.5, 0.6) is 0 Å². The summed E-state index contributed by atoms with van der Waals surface area (Å²) < 4.78 is 33.9. The maximum atomic E-state index is 12.4. The van der Waals surface area contributed by atoms with E-state index >= 15 is 0 Å². The molecule has 2 unspecified atom stereocenters. The highest BCUT2D eigenvalue weighted by Crippen LogP contribution is 2.44. The van der Waals surface area contributed by atoms with Gasteiger partial charge in [0, 0.05) is 17.7 Å². The van der Waals surface area contributed by atoms with Crippen LogP contribution in [0, 0.1) is 0 Å². The van der Waals surface area contributed by atoms with Crippen molar-refractivity contribution in [3.8, 4) is 11.3 Å². The van der Waals surface area contributed by atoms with Crippen molar-refractivity contribution < 1.29 is 37.9 Å². The fourth-order valence-electron chi connectivity index (χ4n) is 6.27. The van der Waals surface area contributed by atoms with Crippen molar-refractivity contribution >= 4 is 13.6 Å². The van der Waals surface area contributed by atoms with Gasteiger partial charge in [-0.1, -0.05) is 103 Å². The summed E-state index contributed by atoms with van der Waals surface area (Å²) >= 11 is 0. The smallest absolute Gasteiger partial charge is 0.472 e. The van der Waals surface area contributed by atoms with Crippen molar-refractivity contribution in [2.45, 2.75) is 141 Å². The van der Waals surface area contributed by atoms with Gasteiger partial charge in [0.05, 0.1) is 31.4 Å². The molecule has 0 bridgehead atoms. The summed E-state index contributed by atoms with van der Waals surface area (Å²) in [7, 11) is -4.33. The van der Waals surface area contributed by atoms with Crippen molar-refractivity contribution in [3.05, 3.63) is 30.5 Å². The van der Waals surface area contributed by atoms with E-state index in [2.05, 4.69) is 16.9 Å². The molecule has 2 aliphatic heterocycles. The number of aromatic nitrogens is 2. The molecule has 3 N–H and O–H groups in total. The molecule has 2 aromatic rings. The Bertz CT molecular complexity index is 1150. The number of phosphoric acid groups is 1. The Balaban J connectivity index is 1.05. The second-order valence-corrected chi connectivity index (χ2v) is 13.9. The Morgan fingerprint density at radius 2 is 1.51 bits per heavy atom. The minimum absolute atomic E-state index is 0.120. The quantitative estimate of drug-likeness (QED) is 0.0848. The van der Waals surface area contributed by atoms with Gasteiger partial charge in [0.1, 0.15) is 30.5 Å². The number of hydrogen-bond donors (Lipinski definition) is 3. The third-order valence-electron chi connectivity index (χ3n) is 8.89. The Morgan fingerprint density at radius 3 is 2.11 bits per heavy atom. The largest absolute Gasteiger partial charge is 0.472 e. The van der Waals surface area contributed by atoms with E-state index in [4.69, 9.17) is 18.2 Å². The molecule has 4 rings (SSSR count). The van der Waals surface area contributed by atoms with Gasteiger partial charge in [-0.25, -0.2) is 14.5 Å². The Labute approximate surface area is 268 Å². The summed E-state index contributed by atoms with van der Waals surface area (Å²) in [5.41, 5.74) is 2.46. The minimum atomic E-state index is -4.33. The number of fused-ring (bicyclic) bond motifs is 1. The Morgan fingerprint density at radius 1 is 0.889 bits per heavy atom. The molecule has 0 radical (unpaired) electrons. The van der Waals surface area contributed by atoms with Crippen LogP contribution in [0.4, 0.5) is 5.82 Å². The molecule has 12 heteroatoms. The SMILES string of the molecule is CCCCCCCCCCCCCCCCCCOP(=O)(O)OC[C@H]1O[C@@H](N2CCc3c(-c4ccoc4)ncnc32)[C@@H](O)C1O. The van der Waals surface area contributed by atoms with E-state index in [1.165, 1.54) is 89.8 Å². The predicted octanol–water partition coefficient (Wildman–Crippen LogP) is 6.94. The van der Waals surface area contributed by atoms with Crippen molar-refractivity contribution in [2.24, 2.45) is 0 Å².